The van der Waals surface area contributed by atoms with Crippen molar-refractivity contribution in [2.45, 2.75) is 0 Å². The minimum atomic E-state index is -0.230. The number of nitrogens with zero attached hydrogens (tertiary/aromatic N) is 2. The van der Waals surface area contributed by atoms with Crippen LogP contribution < -0.4 is 5.32 Å². The highest BCUT2D eigenvalue weighted by Gasteiger charge is 2.00. The Kier molecular flexibility index (Phi) is 4.12. The first kappa shape index (κ1) is 14.5. The van der Waals surface area contributed by atoms with Crippen LogP contribution in [-0.2, 0) is 4.79 Å². The van der Waals surface area contributed by atoms with Crippen molar-refractivity contribution in [3.63, 3.8) is 0 Å². The number of nitriles is 1. The maximum Gasteiger partial charge on any atom is 0.248 e. The molecule has 0 spiro atoms. The van der Waals surface area contributed by atoms with Crippen LogP contribution >= 0.6 is 0 Å². The van der Waals surface area contributed by atoms with Crippen molar-refractivity contribution in [1.29, 1.82) is 5.26 Å². The molecular formula is C19H13N3O. The van der Waals surface area contributed by atoms with Crippen LogP contribution in [-0.4, -0.2) is 10.9 Å². The quantitative estimate of drug-likeness (QED) is 0.749. The van der Waals surface area contributed by atoms with Gasteiger partial charge in [0.2, 0.25) is 5.91 Å². The number of carbonyl (C=O) groups is 1. The number of anilines is 1. The molecule has 1 aromatic heterocycles. The summed E-state index contributed by atoms with van der Waals surface area (Å²) in [6, 6.07) is 18.7. The molecule has 0 saturated heterocycles. The number of benzene rings is 2. The van der Waals surface area contributed by atoms with E-state index < -0.39 is 0 Å². The number of aromatic nitrogens is 1. The summed E-state index contributed by atoms with van der Waals surface area (Å²) in [4.78, 5) is 16.3. The summed E-state index contributed by atoms with van der Waals surface area (Å²) in [5.41, 5.74) is 2.99. The smallest absolute Gasteiger partial charge is 0.248 e. The maximum atomic E-state index is 12.0. The molecule has 0 aliphatic rings. The van der Waals surface area contributed by atoms with Gasteiger partial charge in [-0.25, -0.2) is 0 Å². The second kappa shape index (κ2) is 6.54. The van der Waals surface area contributed by atoms with Gasteiger partial charge in [-0.15, -0.1) is 0 Å². The Morgan fingerprint density at radius 1 is 1.13 bits per heavy atom. The Bertz CT molecular complexity index is 921. The molecular weight excluding hydrogens is 286 g/mol. The van der Waals surface area contributed by atoms with Gasteiger partial charge in [0, 0.05) is 11.5 Å². The lowest BCUT2D eigenvalue weighted by Crippen LogP contribution is -2.07. The van der Waals surface area contributed by atoms with E-state index in [4.69, 9.17) is 5.26 Å². The number of carbonyl (C=O) groups excluding carboxylic acids is 1. The van der Waals surface area contributed by atoms with Crippen molar-refractivity contribution in [1.82, 2.24) is 4.98 Å². The predicted octanol–water partition coefficient (Wildman–Crippen LogP) is 3.76. The molecule has 1 amide bonds. The molecule has 0 bridgehead atoms. The zero-order chi connectivity index (χ0) is 16.1. The van der Waals surface area contributed by atoms with E-state index in [0.717, 1.165) is 16.5 Å². The molecule has 0 atom stereocenters. The molecule has 3 rings (SSSR count). The minimum Gasteiger partial charge on any atom is -0.321 e. The Hall–Kier alpha value is -3.45. The van der Waals surface area contributed by atoms with Gasteiger partial charge in [-0.3, -0.25) is 9.78 Å². The molecule has 0 unspecified atom stereocenters. The average Bonchev–Trinajstić information content (AvgIpc) is 2.60. The number of fused-ring (bicyclic) bond motifs is 1. The molecule has 4 heteroatoms. The molecule has 0 aliphatic heterocycles. The molecule has 23 heavy (non-hydrogen) atoms. The molecule has 0 fully saturated rings. The fourth-order valence-corrected chi connectivity index (χ4v) is 2.16. The zero-order valence-electron chi connectivity index (χ0n) is 12.2. The van der Waals surface area contributed by atoms with E-state index in [1.54, 1.807) is 36.5 Å². The topological polar surface area (TPSA) is 65.8 Å². The van der Waals surface area contributed by atoms with Gasteiger partial charge >= 0.3 is 0 Å². The first-order valence-electron chi connectivity index (χ1n) is 7.08. The molecule has 110 valence electrons. The second-order valence-corrected chi connectivity index (χ2v) is 4.97. The predicted molar refractivity (Wildman–Crippen MR) is 90.6 cm³/mol. The lowest BCUT2D eigenvalue weighted by molar-refractivity contribution is -0.111. The summed E-state index contributed by atoms with van der Waals surface area (Å²) in [5.74, 6) is -0.230. The Morgan fingerprint density at radius 2 is 1.91 bits per heavy atom. The van der Waals surface area contributed by atoms with Crippen molar-refractivity contribution in [2.24, 2.45) is 0 Å². The highest BCUT2D eigenvalue weighted by atomic mass is 16.1. The molecule has 1 N–H and O–H groups in total. The third-order valence-corrected chi connectivity index (χ3v) is 3.32. The Labute approximate surface area is 133 Å². The third kappa shape index (κ3) is 3.60. The number of amides is 1. The van der Waals surface area contributed by atoms with E-state index in [1.165, 1.54) is 6.08 Å². The maximum absolute atomic E-state index is 12.0. The number of pyridine rings is 1. The summed E-state index contributed by atoms with van der Waals surface area (Å²) < 4.78 is 0. The van der Waals surface area contributed by atoms with E-state index >= 15 is 0 Å². The Morgan fingerprint density at radius 3 is 2.70 bits per heavy atom. The first-order valence-corrected chi connectivity index (χ1v) is 7.08. The summed E-state index contributed by atoms with van der Waals surface area (Å²) in [6.45, 7) is 0. The fourth-order valence-electron chi connectivity index (χ4n) is 2.16. The average molecular weight is 299 g/mol. The molecule has 3 aromatic rings. The monoisotopic (exact) mass is 299 g/mol. The molecule has 0 aliphatic carbocycles. The molecule has 0 saturated carbocycles. The normalized spacial score (nSPS) is 10.6. The first-order chi connectivity index (χ1) is 11.2. The molecule has 1 heterocycles. The summed E-state index contributed by atoms with van der Waals surface area (Å²) in [7, 11) is 0. The van der Waals surface area contributed by atoms with Gasteiger partial charge in [-0.05, 0) is 35.9 Å². The number of hydrogen-bond acceptors (Lipinski definition) is 3. The van der Waals surface area contributed by atoms with E-state index in [1.807, 2.05) is 30.3 Å². The van der Waals surface area contributed by atoms with Crippen molar-refractivity contribution in [3.8, 4) is 6.07 Å². The van der Waals surface area contributed by atoms with Crippen LogP contribution in [0, 0.1) is 11.3 Å². The minimum absolute atomic E-state index is 0.230. The number of para-hydroxylation sites is 1. The van der Waals surface area contributed by atoms with Crippen LogP contribution in [0.3, 0.4) is 0 Å². The van der Waals surface area contributed by atoms with Crippen LogP contribution in [0.25, 0.3) is 17.0 Å². The van der Waals surface area contributed by atoms with Crippen molar-refractivity contribution < 1.29 is 4.79 Å². The van der Waals surface area contributed by atoms with Gasteiger partial charge in [0.15, 0.2) is 0 Å². The van der Waals surface area contributed by atoms with Crippen LogP contribution in [0.4, 0.5) is 5.69 Å². The third-order valence-electron chi connectivity index (χ3n) is 3.32. The van der Waals surface area contributed by atoms with Crippen molar-refractivity contribution >= 4 is 28.6 Å². The Balaban J connectivity index is 1.70. The van der Waals surface area contributed by atoms with Crippen molar-refractivity contribution in [3.05, 3.63) is 78.0 Å². The van der Waals surface area contributed by atoms with Gasteiger partial charge in [-0.2, -0.15) is 5.26 Å². The highest BCUT2D eigenvalue weighted by molar-refractivity contribution is 6.02. The molecule has 4 nitrogen and oxygen atoms in total. The van der Waals surface area contributed by atoms with Gasteiger partial charge in [0.1, 0.15) is 0 Å². The lowest BCUT2D eigenvalue weighted by atomic mass is 10.1. The number of hydrogen-bond donors (Lipinski definition) is 1. The molecule has 2 aromatic carbocycles. The van der Waals surface area contributed by atoms with Crippen LogP contribution in [0.15, 0.2) is 66.9 Å². The SMILES string of the molecule is N#Cc1ccc(/C=C/C(=O)Nc2cnc3ccccc3c2)cc1. The van der Waals surface area contributed by atoms with E-state index in [-0.39, 0.29) is 5.91 Å². The van der Waals surface area contributed by atoms with E-state index in [2.05, 4.69) is 16.4 Å². The van der Waals surface area contributed by atoms with Crippen molar-refractivity contribution in [2.75, 3.05) is 5.32 Å². The van der Waals surface area contributed by atoms with Gasteiger partial charge in [0.05, 0.1) is 29.0 Å². The highest BCUT2D eigenvalue weighted by Crippen LogP contribution is 2.16. The largest absolute Gasteiger partial charge is 0.321 e. The van der Waals surface area contributed by atoms with Gasteiger partial charge in [-0.1, -0.05) is 30.3 Å². The zero-order valence-corrected chi connectivity index (χ0v) is 12.2. The van der Waals surface area contributed by atoms with Gasteiger partial charge in [0.25, 0.3) is 0 Å². The van der Waals surface area contributed by atoms with Crippen LogP contribution in [0.2, 0.25) is 0 Å². The summed E-state index contributed by atoms with van der Waals surface area (Å²) in [6.07, 6.45) is 4.79. The van der Waals surface area contributed by atoms with Gasteiger partial charge < -0.3 is 5.32 Å². The lowest BCUT2D eigenvalue weighted by Gasteiger charge is -2.03. The fraction of sp³-hybridized carbons (Fsp3) is 0. The van der Waals surface area contributed by atoms with E-state index in [9.17, 15) is 4.79 Å². The van der Waals surface area contributed by atoms with Crippen LogP contribution in [0.5, 0.6) is 0 Å². The molecule has 0 radical (unpaired) electrons. The summed E-state index contributed by atoms with van der Waals surface area (Å²) >= 11 is 0. The number of nitrogens with one attached hydrogen (secondary N) is 1. The van der Waals surface area contributed by atoms with E-state index in [0.29, 0.717) is 11.3 Å². The number of rotatable bonds is 3. The second-order valence-electron chi connectivity index (χ2n) is 4.97. The summed E-state index contributed by atoms with van der Waals surface area (Å²) in [5, 5.41) is 12.5. The van der Waals surface area contributed by atoms with Crippen LogP contribution in [0.1, 0.15) is 11.1 Å². The standard InChI is InChI=1S/C19H13N3O/c20-12-15-7-5-14(6-8-15)9-10-19(23)22-17-11-16-3-1-2-4-18(16)21-13-17/h1-11,13H,(H,22,23)/b10-9+.